The number of unbranched alkanes of at least 4 members (excludes halogenated alkanes) is 1. The minimum Gasteiger partial charge on any atom is -0.381 e. The van der Waals surface area contributed by atoms with Crippen LogP contribution in [0.25, 0.3) is 0 Å². The van der Waals surface area contributed by atoms with Gasteiger partial charge in [0.15, 0.2) is 6.29 Å². The molecular formula is C13H29NO3. The number of hydrogen-bond acceptors (Lipinski definition) is 4. The van der Waals surface area contributed by atoms with Crippen LogP contribution in [-0.2, 0) is 14.2 Å². The van der Waals surface area contributed by atoms with E-state index in [1.54, 1.807) is 0 Å². The van der Waals surface area contributed by atoms with E-state index in [1.807, 2.05) is 13.8 Å². The van der Waals surface area contributed by atoms with E-state index in [1.165, 1.54) is 6.42 Å². The van der Waals surface area contributed by atoms with Crippen molar-refractivity contribution < 1.29 is 14.2 Å². The molecule has 4 heteroatoms. The third-order valence-corrected chi connectivity index (χ3v) is 2.30. The van der Waals surface area contributed by atoms with E-state index in [-0.39, 0.29) is 6.29 Å². The van der Waals surface area contributed by atoms with Crippen LogP contribution in [0.15, 0.2) is 0 Å². The molecule has 0 atom stereocenters. The highest BCUT2D eigenvalue weighted by Gasteiger charge is 2.05. The summed E-state index contributed by atoms with van der Waals surface area (Å²) in [4.78, 5) is 0. The lowest BCUT2D eigenvalue weighted by molar-refractivity contribution is -0.132. The van der Waals surface area contributed by atoms with E-state index >= 15 is 0 Å². The fraction of sp³-hybridized carbons (Fsp3) is 1.00. The Balaban J connectivity index is 3.23. The van der Waals surface area contributed by atoms with Crippen molar-refractivity contribution in [3.63, 3.8) is 0 Å². The summed E-state index contributed by atoms with van der Waals surface area (Å²) in [5.74, 6) is 0. The first-order valence-corrected chi connectivity index (χ1v) is 6.86. The van der Waals surface area contributed by atoms with Crippen LogP contribution in [0, 0.1) is 0 Å². The van der Waals surface area contributed by atoms with E-state index in [0.717, 1.165) is 39.1 Å². The summed E-state index contributed by atoms with van der Waals surface area (Å²) < 4.78 is 16.3. The van der Waals surface area contributed by atoms with Gasteiger partial charge in [-0.15, -0.1) is 0 Å². The van der Waals surface area contributed by atoms with Gasteiger partial charge in [-0.1, -0.05) is 13.3 Å². The lowest BCUT2D eigenvalue weighted by atomic mass is 10.3. The topological polar surface area (TPSA) is 39.7 Å². The zero-order valence-electron chi connectivity index (χ0n) is 11.7. The van der Waals surface area contributed by atoms with Gasteiger partial charge in [0.2, 0.25) is 0 Å². The predicted octanol–water partition coefficient (Wildman–Crippen LogP) is 2.18. The van der Waals surface area contributed by atoms with Gasteiger partial charge >= 0.3 is 0 Å². The number of ether oxygens (including phenoxy) is 3. The van der Waals surface area contributed by atoms with Crippen LogP contribution in [0.4, 0.5) is 0 Å². The second-order valence-corrected chi connectivity index (χ2v) is 3.86. The Morgan fingerprint density at radius 2 is 1.59 bits per heavy atom. The lowest BCUT2D eigenvalue weighted by Gasteiger charge is -2.17. The third-order valence-electron chi connectivity index (χ3n) is 2.30. The Morgan fingerprint density at radius 1 is 0.941 bits per heavy atom. The molecule has 0 aliphatic carbocycles. The average molecular weight is 247 g/mol. The molecule has 17 heavy (non-hydrogen) atoms. The first-order chi connectivity index (χ1) is 8.35. The molecule has 1 N–H and O–H groups in total. The lowest BCUT2D eigenvalue weighted by Crippen LogP contribution is -2.32. The summed E-state index contributed by atoms with van der Waals surface area (Å²) in [5.41, 5.74) is 0. The molecule has 104 valence electrons. The van der Waals surface area contributed by atoms with Crippen LogP contribution in [-0.4, -0.2) is 45.8 Å². The van der Waals surface area contributed by atoms with Crippen molar-refractivity contribution in [1.82, 2.24) is 5.32 Å². The second kappa shape index (κ2) is 13.9. The van der Waals surface area contributed by atoms with Gasteiger partial charge in [0.25, 0.3) is 0 Å². The van der Waals surface area contributed by atoms with Crippen molar-refractivity contribution in [2.24, 2.45) is 0 Å². The molecule has 0 amide bonds. The molecule has 0 rings (SSSR count). The summed E-state index contributed by atoms with van der Waals surface area (Å²) in [6, 6.07) is 0. The maximum atomic E-state index is 5.47. The second-order valence-electron chi connectivity index (χ2n) is 3.86. The summed E-state index contributed by atoms with van der Waals surface area (Å²) >= 11 is 0. The quantitative estimate of drug-likeness (QED) is 0.400. The first-order valence-electron chi connectivity index (χ1n) is 6.86. The third kappa shape index (κ3) is 12.1. The highest BCUT2D eigenvalue weighted by atomic mass is 16.7. The van der Waals surface area contributed by atoms with E-state index in [2.05, 4.69) is 12.2 Å². The van der Waals surface area contributed by atoms with Crippen molar-refractivity contribution in [3.8, 4) is 0 Å². The van der Waals surface area contributed by atoms with Crippen LogP contribution >= 0.6 is 0 Å². The average Bonchev–Trinajstić information content (AvgIpc) is 2.33. The van der Waals surface area contributed by atoms with Crippen molar-refractivity contribution >= 4 is 0 Å². The fourth-order valence-corrected chi connectivity index (χ4v) is 1.41. The Kier molecular flexibility index (Phi) is 13.8. The molecule has 0 aromatic carbocycles. The summed E-state index contributed by atoms with van der Waals surface area (Å²) in [6.45, 7) is 10.9. The summed E-state index contributed by atoms with van der Waals surface area (Å²) in [5, 5.41) is 3.32. The Morgan fingerprint density at radius 3 is 2.18 bits per heavy atom. The Labute approximate surface area is 106 Å². The van der Waals surface area contributed by atoms with Crippen LogP contribution in [0.5, 0.6) is 0 Å². The molecule has 0 spiro atoms. The van der Waals surface area contributed by atoms with Gasteiger partial charge in [0.1, 0.15) is 0 Å². The predicted molar refractivity (Wildman–Crippen MR) is 70.3 cm³/mol. The van der Waals surface area contributed by atoms with Gasteiger partial charge in [-0.2, -0.15) is 0 Å². The van der Waals surface area contributed by atoms with Crippen molar-refractivity contribution in [1.29, 1.82) is 0 Å². The van der Waals surface area contributed by atoms with Crippen LogP contribution in [0.1, 0.15) is 40.0 Å². The van der Waals surface area contributed by atoms with E-state index in [0.29, 0.717) is 13.2 Å². The monoisotopic (exact) mass is 247 g/mol. The maximum absolute atomic E-state index is 5.47. The maximum Gasteiger partial charge on any atom is 0.169 e. The smallest absolute Gasteiger partial charge is 0.169 e. The number of hydrogen-bond donors (Lipinski definition) is 1. The van der Waals surface area contributed by atoms with Gasteiger partial charge in [-0.3, -0.25) is 0 Å². The van der Waals surface area contributed by atoms with Crippen molar-refractivity contribution in [3.05, 3.63) is 0 Å². The van der Waals surface area contributed by atoms with Crippen molar-refractivity contribution in [2.75, 3.05) is 39.5 Å². The molecule has 0 aliphatic heterocycles. The van der Waals surface area contributed by atoms with E-state index in [4.69, 9.17) is 14.2 Å². The number of rotatable bonds is 13. The fourth-order valence-electron chi connectivity index (χ4n) is 1.41. The molecule has 0 saturated heterocycles. The zero-order valence-corrected chi connectivity index (χ0v) is 11.7. The normalized spacial score (nSPS) is 11.3. The minimum absolute atomic E-state index is 0.119. The van der Waals surface area contributed by atoms with Gasteiger partial charge in [0.05, 0.1) is 0 Å². The van der Waals surface area contributed by atoms with Gasteiger partial charge in [-0.05, 0) is 33.2 Å². The van der Waals surface area contributed by atoms with Crippen molar-refractivity contribution in [2.45, 2.75) is 46.3 Å². The SMILES string of the molecule is CCCCOCCCNCC(OCC)OCC. The molecule has 0 aromatic rings. The molecular weight excluding hydrogens is 218 g/mol. The molecule has 0 aromatic heterocycles. The van der Waals surface area contributed by atoms with Gasteiger partial charge in [0, 0.05) is 33.0 Å². The summed E-state index contributed by atoms with van der Waals surface area (Å²) in [7, 11) is 0. The molecule has 0 heterocycles. The van der Waals surface area contributed by atoms with E-state index < -0.39 is 0 Å². The Hall–Kier alpha value is -0.160. The first kappa shape index (κ1) is 16.8. The van der Waals surface area contributed by atoms with Gasteiger partial charge in [-0.25, -0.2) is 0 Å². The molecule has 0 aliphatic rings. The molecule has 0 unspecified atom stereocenters. The minimum atomic E-state index is -0.119. The molecule has 0 bridgehead atoms. The van der Waals surface area contributed by atoms with Gasteiger partial charge < -0.3 is 19.5 Å². The number of nitrogens with one attached hydrogen (secondary N) is 1. The van der Waals surface area contributed by atoms with Crippen LogP contribution in [0.2, 0.25) is 0 Å². The highest BCUT2D eigenvalue weighted by Crippen LogP contribution is 1.93. The zero-order chi connectivity index (χ0) is 12.8. The standard InChI is InChI=1S/C13H29NO3/c1-4-7-10-15-11-8-9-14-12-13(16-5-2)17-6-3/h13-14H,4-12H2,1-3H3. The molecule has 0 fully saturated rings. The largest absolute Gasteiger partial charge is 0.381 e. The van der Waals surface area contributed by atoms with E-state index in [9.17, 15) is 0 Å². The molecule has 4 nitrogen and oxygen atoms in total. The highest BCUT2D eigenvalue weighted by molar-refractivity contribution is 4.52. The molecule has 0 saturated carbocycles. The summed E-state index contributed by atoms with van der Waals surface area (Å²) in [6.07, 6.45) is 3.27. The van der Waals surface area contributed by atoms with Crippen LogP contribution in [0.3, 0.4) is 0 Å². The Bertz CT molecular complexity index is 139. The molecule has 0 radical (unpaired) electrons. The van der Waals surface area contributed by atoms with Crippen LogP contribution < -0.4 is 5.32 Å².